The van der Waals surface area contributed by atoms with Crippen LogP contribution in [0.15, 0.2) is 36.5 Å². The zero-order valence-electron chi connectivity index (χ0n) is 18.6. The van der Waals surface area contributed by atoms with Crippen molar-refractivity contribution in [3.8, 4) is 5.88 Å². The molecule has 0 bridgehead atoms. The lowest BCUT2D eigenvalue weighted by Gasteiger charge is -2.55. The number of aliphatic hydroxyl groups is 1. The molecule has 7 heteroatoms. The number of likely N-dealkylation sites (tertiary alicyclic amines) is 1. The van der Waals surface area contributed by atoms with Crippen LogP contribution in [0.25, 0.3) is 0 Å². The lowest BCUT2D eigenvalue weighted by molar-refractivity contribution is -0.127. The van der Waals surface area contributed by atoms with E-state index in [-0.39, 0.29) is 25.1 Å². The van der Waals surface area contributed by atoms with Crippen LogP contribution in [0.2, 0.25) is 0 Å². The van der Waals surface area contributed by atoms with Crippen LogP contribution >= 0.6 is 0 Å². The summed E-state index contributed by atoms with van der Waals surface area (Å²) in [5.74, 6) is -2.13. The highest BCUT2D eigenvalue weighted by Crippen LogP contribution is 2.50. The fraction of sp³-hybridized carbons (Fsp3) is 0.583. The van der Waals surface area contributed by atoms with Gasteiger partial charge in [-0.1, -0.05) is 45.0 Å². The van der Waals surface area contributed by atoms with Crippen molar-refractivity contribution in [3.63, 3.8) is 0 Å². The fourth-order valence-electron chi connectivity index (χ4n) is 5.13. The topological polar surface area (TPSA) is 58.5 Å². The first-order valence-electron chi connectivity index (χ1n) is 10.9. The van der Waals surface area contributed by atoms with Crippen molar-refractivity contribution in [2.24, 2.45) is 5.41 Å². The summed E-state index contributed by atoms with van der Waals surface area (Å²) in [6.07, 6.45) is 0.741. The van der Waals surface area contributed by atoms with Crippen LogP contribution in [-0.4, -0.2) is 52.4 Å². The zero-order chi connectivity index (χ0) is 22.4. The van der Waals surface area contributed by atoms with E-state index in [0.29, 0.717) is 24.6 Å². The van der Waals surface area contributed by atoms with E-state index in [0.717, 1.165) is 5.56 Å². The van der Waals surface area contributed by atoms with Crippen LogP contribution < -0.4 is 4.74 Å². The third kappa shape index (κ3) is 4.05. The maximum absolute atomic E-state index is 13.6. The van der Waals surface area contributed by atoms with Crippen molar-refractivity contribution in [2.75, 3.05) is 20.1 Å². The Morgan fingerprint density at radius 3 is 2.42 bits per heavy atom. The lowest BCUT2D eigenvalue weighted by atomic mass is 9.62. The molecular weight excluding hydrogens is 400 g/mol. The van der Waals surface area contributed by atoms with Gasteiger partial charge in [0.15, 0.2) is 0 Å². The SMILES string of the molecule is CC(C)c1ccc([C@](O)(c2cnnc(OC3CCC(F)(F)C3)c2)C2(C)CN(C)C2)cc1. The Labute approximate surface area is 182 Å². The standard InChI is InChI=1S/C24H31F2N3O2/c1-16(2)17-5-7-18(8-6-17)24(30,22(3)14-29(4)15-22)19-11-21(28-27-13-19)31-20-9-10-23(25,26)12-20/h5-8,11,13,16,20,30H,9-10,12,14-15H2,1-4H3/t20?,24-/m0/s1. The number of ether oxygens (including phenoxy) is 1. The molecule has 0 radical (unpaired) electrons. The minimum atomic E-state index is -2.70. The fourth-order valence-corrected chi connectivity index (χ4v) is 5.13. The molecule has 2 atom stereocenters. The molecule has 2 aromatic rings. The molecule has 31 heavy (non-hydrogen) atoms. The van der Waals surface area contributed by atoms with Crippen molar-refractivity contribution in [3.05, 3.63) is 53.2 Å². The maximum Gasteiger partial charge on any atom is 0.251 e. The van der Waals surface area contributed by atoms with Gasteiger partial charge in [-0.2, -0.15) is 5.10 Å². The van der Waals surface area contributed by atoms with Crippen molar-refractivity contribution in [2.45, 2.75) is 63.6 Å². The number of halogens is 2. The van der Waals surface area contributed by atoms with Gasteiger partial charge in [-0.3, -0.25) is 0 Å². The molecule has 1 unspecified atom stereocenters. The van der Waals surface area contributed by atoms with Gasteiger partial charge in [-0.25, -0.2) is 8.78 Å². The quantitative estimate of drug-likeness (QED) is 0.737. The molecule has 2 heterocycles. The number of hydrogen-bond acceptors (Lipinski definition) is 5. The van der Waals surface area contributed by atoms with E-state index in [2.05, 4.69) is 35.9 Å². The van der Waals surface area contributed by atoms with Gasteiger partial charge < -0.3 is 14.7 Å². The van der Waals surface area contributed by atoms with Crippen LogP contribution in [0.4, 0.5) is 8.78 Å². The van der Waals surface area contributed by atoms with Crippen molar-refractivity contribution in [1.29, 1.82) is 0 Å². The summed E-state index contributed by atoms with van der Waals surface area (Å²) in [6, 6.07) is 9.69. The first kappa shape index (κ1) is 22.1. The largest absolute Gasteiger partial charge is 0.473 e. The van der Waals surface area contributed by atoms with E-state index in [9.17, 15) is 13.9 Å². The van der Waals surface area contributed by atoms with E-state index < -0.39 is 23.0 Å². The van der Waals surface area contributed by atoms with Gasteiger partial charge >= 0.3 is 0 Å². The highest BCUT2D eigenvalue weighted by atomic mass is 19.3. The zero-order valence-corrected chi connectivity index (χ0v) is 18.6. The van der Waals surface area contributed by atoms with Crippen molar-refractivity contribution < 1.29 is 18.6 Å². The van der Waals surface area contributed by atoms with E-state index in [4.69, 9.17) is 4.74 Å². The maximum atomic E-state index is 13.6. The highest BCUT2D eigenvalue weighted by Gasteiger charge is 2.55. The molecule has 1 saturated carbocycles. The average molecular weight is 432 g/mol. The molecule has 1 aromatic heterocycles. The van der Waals surface area contributed by atoms with Gasteiger partial charge in [0.05, 0.1) is 6.20 Å². The minimum absolute atomic E-state index is 0.175. The molecular formula is C24H31F2N3O2. The van der Waals surface area contributed by atoms with Gasteiger partial charge in [0, 0.05) is 43.0 Å². The van der Waals surface area contributed by atoms with Gasteiger partial charge in [0.2, 0.25) is 5.88 Å². The Kier molecular flexibility index (Phi) is 5.54. The molecule has 0 spiro atoms. The number of alkyl halides is 2. The van der Waals surface area contributed by atoms with Crippen LogP contribution in [0.3, 0.4) is 0 Å². The van der Waals surface area contributed by atoms with E-state index in [1.54, 1.807) is 12.3 Å². The van der Waals surface area contributed by atoms with Gasteiger partial charge in [0.25, 0.3) is 5.92 Å². The Hall–Kier alpha value is -2.12. The highest BCUT2D eigenvalue weighted by molar-refractivity contribution is 5.41. The Morgan fingerprint density at radius 1 is 1.19 bits per heavy atom. The second kappa shape index (κ2) is 7.78. The van der Waals surface area contributed by atoms with Crippen LogP contribution in [0.1, 0.15) is 62.6 Å². The molecule has 1 N–H and O–H groups in total. The predicted octanol–water partition coefficient (Wildman–Crippen LogP) is 4.35. The van der Waals surface area contributed by atoms with Crippen LogP contribution in [0.5, 0.6) is 5.88 Å². The molecule has 0 amide bonds. The molecule has 5 nitrogen and oxygen atoms in total. The smallest absolute Gasteiger partial charge is 0.251 e. The molecule has 168 valence electrons. The first-order valence-corrected chi connectivity index (χ1v) is 10.9. The monoisotopic (exact) mass is 431 g/mol. The number of benzene rings is 1. The number of aromatic nitrogens is 2. The molecule has 2 aliphatic rings. The molecule has 1 aromatic carbocycles. The van der Waals surface area contributed by atoms with Gasteiger partial charge in [-0.05, 0) is 30.5 Å². The molecule has 4 rings (SSSR count). The molecule has 1 aliphatic heterocycles. The summed E-state index contributed by atoms with van der Waals surface area (Å²) in [5.41, 5.74) is 0.778. The summed E-state index contributed by atoms with van der Waals surface area (Å²) in [4.78, 5) is 2.15. The molecule has 2 fully saturated rings. The number of rotatable bonds is 6. The second-order valence-electron chi connectivity index (χ2n) is 9.84. The summed E-state index contributed by atoms with van der Waals surface area (Å²) in [6.45, 7) is 7.74. The number of hydrogen-bond donors (Lipinski definition) is 1. The Morgan fingerprint density at radius 2 is 1.87 bits per heavy atom. The Bertz CT molecular complexity index is 929. The summed E-state index contributed by atoms with van der Waals surface area (Å²) in [5, 5.41) is 20.2. The van der Waals surface area contributed by atoms with E-state index >= 15 is 0 Å². The van der Waals surface area contributed by atoms with Crippen LogP contribution in [-0.2, 0) is 5.60 Å². The molecule has 1 saturated heterocycles. The van der Waals surface area contributed by atoms with Gasteiger partial charge in [-0.15, -0.1) is 5.10 Å². The average Bonchev–Trinajstić information content (AvgIpc) is 3.04. The summed E-state index contributed by atoms with van der Waals surface area (Å²) >= 11 is 0. The minimum Gasteiger partial charge on any atom is -0.473 e. The second-order valence-corrected chi connectivity index (χ2v) is 9.84. The van der Waals surface area contributed by atoms with Crippen molar-refractivity contribution in [1.82, 2.24) is 15.1 Å². The summed E-state index contributed by atoms with van der Waals surface area (Å²) < 4.78 is 32.9. The first-order chi connectivity index (χ1) is 14.5. The van der Waals surface area contributed by atoms with Crippen LogP contribution in [0, 0.1) is 5.41 Å². The normalized spacial score (nSPS) is 24.6. The third-order valence-electron chi connectivity index (χ3n) is 6.80. The third-order valence-corrected chi connectivity index (χ3v) is 6.80. The van der Waals surface area contributed by atoms with Crippen molar-refractivity contribution >= 4 is 0 Å². The predicted molar refractivity (Wildman–Crippen MR) is 114 cm³/mol. The Balaban J connectivity index is 1.69. The van der Waals surface area contributed by atoms with E-state index in [1.807, 2.05) is 31.3 Å². The number of nitrogens with zero attached hydrogens (tertiary/aromatic N) is 3. The van der Waals surface area contributed by atoms with Gasteiger partial charge in [0.1, 0.15) is 11.7 Å². The summed E-state index contributed by atoms with van der Waals surface area (Å²) in [7, 11) is 2.02. The molecule has 1 aliphatic carbocycles. The lowest BCUT2D eigenvalue weighted by Crippen LogP contribution is -2.63. The van der Waals surface area contributed by atoms with E-state index in [1.165, 1.54) is 5.56 Å².